The molecule has 10 heteroatoms. The van der Waals surface area contributed by atoms with Gasteiger partial charge < -0.3 is 20.1 Å². The Kier molecular flexibility index (Phi) is 9.73. The molecule has 5 nitrogen and oxygen atoms in total. The monoisotopic (exact) mass is 455 g/mol. The number of H-pyrrole nitrogens is 1. The van der Waals surface area contributed by atoms with E-state index in [0.717, 1.165) is 12.8 Å². The summed E-state index contributed by atoms with van der Waals surface area (Å²) in [6.07, 6.45) is 4.50. The van der Waals surface area contributed by atoms with Gasteiger partial charge >= 0.3 is 6.61 Å². The minimum absolute atomic E-state index is 0. The molecule has 1 heterocycles. The van der Waals surface area contributed by atoms with Gasteiger partial charge in [-0.3, -0.25) is 0 Å². The predicted molar refractivity (Wildman–Crippen MR) is 105 cm³/mol. The first kappa shape index (κ1) is 24.7. The van der Waals surface area contributed by atoms with Crippen molar-refractivity contribution in [2.75, 3.05) is 6.61 Å². The van der Waals surface area contributed by atoms with Crippen LogP contribution in [0, 0.1) is 5.92 Å². The van der Waals surface area contributed by atoms with Gasteiger partial charge in [0.25, 0.3) is 0 Å². The molecule has 0 amide bonds. The molecule has 0 saturated heterocycles. The van der Waals surface area contributed by atoms with Gasteiger partial charge in [0, 0.05) is 12.0 Å². The number of aromatic amines is 1. The van der Waals surface area contributed by atoms with Crippen molar-refractivity contribution in [3.8, 4) is 11.5 Å². The fraction of sp³-hybridized carbons (Fsp3) is 0.389. The maximum atomic E-state index is 12.6. The molecule has 3 rings (SSSR count). The van der Waals surface area contributed by atoms with Crippen LogP contribution in [-0.4, -0.2) is 23.8 Å². The zero-order valence-electron chi connectivity index (χ0n) is 14.7. The van der Waals surface area contributed by atoms with Crippen molar-refractivity contribution >= 4 is 36.7 Å². The van der Waals surface area contributed by atoms with Crippen LogP contribution in [0.2, 0.25) is 10.0 Å². The van der Waals surface area contributed by atoms with Crippen LogP contribution >= 0.6 is 36.7 Å². The second-order valence-electron chi connectivity index (χ2n) is 6.19. The summed E-state index contributed by atoms with van der Waals surface area (Å²) in [5.41, 5.74) is 1.09. The first-order valence-corrected chi connectivity index (χ1v) is 8.93. The topological polar surface area (TPSA) is 82.8 Å². The SMILES string of the molecule is O[C@@H](Cc1c(Cl)c[nH+]cc1Cl)c1ccc(OC(F)F)c(OCC2CC2)c1.S.[OH-]. The summed E-state index contributed by atoms with van der Waals surface area (Å²) in [5, 5.41) is 11.3. The molecule has 0 radical (unpaired) electrons. The van der Waals surface area contributed by atoms with E-state index in [1.165, 1.54) is 18.2 Å². The molecule has 0 bridgehead atoms. The van der Waals surface area contributed by atoms with E-state index in [9.17, 15) is 13.9 Å². The minimum Gasteiger partial charge on any atom is -0.870 e. The lowest BCUT2D eigenvalue weighted by atomic mass is 10.0. The van der Waals surface area contributed by atoms with Crippen LogP contribution in [0.4, 0.5) is 8.78 Å². The minimum atomic E-state index is -2.95. The molecular weight excluding hydrogens is 435 g/mol. The third-order valence-electron chi connectivity index (χ3n) is 4.13. The summed E-state index contributed by atoms with van der Waals surface area (Å²) in [6.45, 7) is -2.52. The van der Waals surface area contributed by atoms with Gasteiger partial charge in [-0.15, -0.1) is 0 Å². The van der Waals surface area contributed by atoms with Gasteiger partial charge in [-0.1, -0.05) is 29.3 Å². The lowest BCUT2D eigenvalue weighted by Gasteiger charge is -2.17. The van der Waals surface area contributed by atoms with E-state index in [0.29, 0.717) is 33.7 Å². The van der Waals surface area contributed by atoms with Crippen molar-refractivity contribution in [1.82, 2.24) is 0 Å². The molecule has 1 atom stereocenters. The zero-order chi connectivity index (χ0) is 18.7. The van der Waals surface area contributed by atoms with E-state index >= 15 is 0 Å². The van der Waals surface area contributed by atoms with E-state index in [2.05, 4.69) is 9.72 Å². The van der Waals surface area contributed by atoms with Crippen molar-refractivity contribution in [1.29, 1.82) is 0 Å². The number of alkyl halides is 2. The van der Waals surface area contributed by atoms with E-state index < -0.39 is 12.7 Å². The lowest BCUT2D eigenvalue weighted by Crippen LogP contribution is -2.09. The number of halogens is 4. The van der Waals surface area contributed by atoms with Crippen molar-refractivity contribution in [2.45, 2.75) is 32.0 Å². The second kappa shape index (κ2) is 11.0. The number of aliphatic hydroxyl groups excluding tert-OH is 1. The molecule has 28 heavy (non-hydrogen) atoms. The van der Waals surface area contributed by atoms with Crippen molar-refractivity contribution in [3.05, 3.63) is 51.8 Å². The highest BCUT2D eigenvalue weighted by molar-refractivity contribution is 7.59. The van der Waals surface area contributed by atoms with Crippen LogP contribution in [0.5, 0.6) is 11.5 Å². The number of benzene rings is 1. The van der Waals surface area contributed by atoms with Gasteiger partial charge in [-0.05, 0) is 36.5 Å². The Hall–Kier alpha value is -1.32. The highest BCUT2D eigenvalue weighted by Crippen LogP contribution is 2.36. The lowest BCUT2D eigenvalue weighted by molar-refractivity contribution is -0.377. The molecule has 1 saturated carbocycles. The quantitative estimate of drug-likeness (QED) is 0.638. The Morgan fingerprint density at radius 1 is 1.14 bits per heavy atom. The number of aliphatic hydroxyl groups is 1. The maximum Gasteiger partial charge on any atom is 0.387 e. The van der Waals surface area contributed by atoms with E-state index in [-0.39, 0.29) is 36.9 Å². The Labute approximate surface area is 178 Å². The van der Waals surface area contributed by atoms with Gasteiger partial charge in [0.1, 0.15) is 10.0 Å². The predicted octanol–water partition coefficient (Wildman–Crippen LogP) is 4.41. The van der Waals surface area contributed by atoms with E-state index in [1.54, 1.807) is 12.4 Å². The van der Waals surface area contributed by atoms with Crippen LogP contribution in [0.25, 0.3) is 0 Å². The number of ether oxygens (including phenoxy) is 2. The largest absolute Gasteiger partial charge is 0.870 e. The van der Waals surface area contributed by atoms with Crippen molar-refractivity contribution in [3.63, 3.8) is 0 Å². The average molecular weight is 456 g/mol. The molecule has 0 spiro atoms. The van der Waals surface area contributed by atoms with Crippen LogP contribution in [0.3, 0.4) is 0 Å². The summed E-state index contributed by atoms with van der Waals surface area (Å²) in [7, 11) is 0. The van der Waals surface area contributed by atoms with Crippen LogP contribution in [0.15, 0.2) is 30.6 Å². The number of aromatic nitrogens is 1. The van der Waals surface area contributed by atoms with Crippen LogP contribution in [-0.2, 0) is 6.42 Å². The third-order valence-corrected chi connectivity index (χ3v) is 4.81. The molecular formula is C18H21Cl2F2NO4S. The van der Waals surface area contributed by atoms with Gasteiger partial charge in [0.05, 0.1) is 12.7 Å². The molecule has 1 aliphatic rings. The molecule has 1 fully saturated rings. The van der Waals surface area contributed by atoms with Gasteiger partial charge in [-0.2, -0.15) is 22.3 Å². The van der Waals surface area contributed by atoms with Gasteiger partial charge in [0.15, 0.2) is 23.9 Å². The fourth-order valence-corrected chi connectivity index (χ4v) is 3.04. The Bertz CT molecular complexity index is 761. The smallest absolute Gasteiger partial charge is 0.387 e. The highest BCUT2D eigenvalue weighted by Gasteiger charge is 2.24. The Balaban J connectivity index is 0.00000196. The van der Waals surface area contributed by atoms with Crippen LogP contribution < -0.4 is 14.5 Å². The number of pyridine rings is 1. The van der Waals surface area contributed by atoms with Gasteiger partial charge in [0.2, 0.25) is 0 Å². The normalized spacial score (nSPS) is 14.1. The molecule has 0 aliphatic heterocycles. The summed E-state index contributed by atoms with van der Waals surface area (Å²) in [5.74, 6) is 0.579. The van der Waals surface area contributed by atoms with Crippen LogP contribution in [0.1, 0.15) is 30.1 Å². The first-order chi connectivity index (χ1) is 12.4. The number of hydrogen-bond donors (Lipinski definition) is 1. The van der Waals surface area contributed by atoms with E-state index in [4.69, 9.17) is 27.9 Å². The summed E-state index contributed by atoms with van der Waals surface area (Å²) in [6, 6.07) is 4.40. The molecule has 1 aromatic carbocycles. The first-order valence-electron chi connectivity index (χ1n) is 8.17. The number of rotatable bonds is 8. The zero-order valence-corrected chi connectivity index (χ0v) is 17.2. The van der Waals surface area contributed by atoms with Crippen molar-refractivity contribution in [2.24, 2.45) is 5.92 Å². The summed E-state index contributed by atoms with van der Waals surface area (Å²) >= 11 is 12.2. The Morgan fingerprint density at radius 3 is 2.36 bits per heavy atom. The van der Waals surface area contributed by atoms with E-state index in [1.807, 2.05) is 0 Å². The number of nitrogens with one attached hydrogen (secondary N) is 1. The molecule has 1 aliphatic carbocycles. The molecule has 1 aromatic heterocycles. The second-order valence-corrected chi connectivity index (χ2v) is 7.00. The summed E-state index contributed by atoms with van der Waals surface area (Å²) in [4.78, 5) is 2.80. The van der Waals surface area contributed by atoms with Crippen molar-refractivity contribution < 1.29 is 33.8 Å². The molecule has 156 valence electrons. The molecule has 0 unspecified atom stereocenters. The van der Waals surface area contributed by atoms with Gasteiger partial charge in [-0.25, -0.2) is 4.98 Å². The maximum absolute atomic E-state index is 12.6. The average Bonchev–Trinajstić information content (AvgIpc) is 3.41. The fourth-order valence-electron chi connectivity index (χ4n) is 2.51. The Morgan fingerprint density at radius 2 is 1.79 bits per heavy atom. The third kappa shape index (κ3) is 6.63. The number of hydrogen-bond acceptors (Lipinski definition) is 4. The summed E-state index contributed by atoms with van der Waals surface area (Å²) < 4.78 is 35.3. The highest BCUT2D eigenvalue weighted by atomic mass is 35.5. The standard InChI is InChI=1S/C18H17Cl2F2NO3.H2O.H2S/c19-13-7-23-8-14(20)12(13)6-15(24)11-3-4-16(26-18(21)22)17(5-11)25-9-10-1-2-10;;/h3-5,7-8,10,15,18,24H,1-2,6,9H2;2*1H2/t15-;;/m0../s1. The molecule has 3 N–H and O–H groups in total. The molecule has 2 aromatic rings.